The largest absolute Gasteiger partial charge is 0.379 e. The minimum atomic E-state index is 0. The fourth-order valence-electron chi connectivity index (χ4n) is 3.04. The highest BCUT2D eigenvalue weighted by molar-refractivity contribution is 14.0. The van der Waals surface area contributed by atoms with Crippen LogP contribution in [-0.4, -0.2) is 106 Å². The van der Waals surface area contributed by atoms with Crippen molar-refractivity contribution in [2.75, 3.05) is 85.7 Å². The highest BCUT2D eigenvalue weighted by atomic mass is 127. The second-order valence-electron chi connectivity index (χ2n) is 6.50. The van der Waals surface area contributed by atoms with Gasteiger partial charge in [-0.3, -0.25) is 9.89 Å². The zero-order valence-electron chi connectivity index (χ0n) is 15.1. The normalized spacial score (nSPS) is 22.0. The molecule has 0 radical (unpaired) electrons. The van der Waals surface area contributed by atoms with Gasteiger partial charge in [-0.1, -0.05) is 0 Å². The molecule has 24 heavy (non-hydrogen) atoms. The first-order chi connectivity index (χ1) is 11.2. The number of guanidine groups is 1. The predicted molar refractivity (Wildman–Crippen MR) is 110 cm³/mol. The average Bonchev–Trinajstić information content (AvgIpc) is 2.77. The molecule has 8 heteroatoms. The smallest absolute Gasteiger partial charge is 0.188 e. The van der Waals surface area contributed by atoms with Crippen LogP contribution < -0.4 is 11.1 Å². The van der Waals surface area contributed by atoms with Gasteiger partial charge in [0.2, 0.25) is 0 Å². The van der Waals surface area contributed by atoms with Crippen LogP contribution in [0.3, 0.4) is 0 Å². The predicted octanol–water partition coefficient (Wildman–Crippen LogP) is -0.131. The van der Waals surface area contributed by atoms with Gasteiger partial charge in [-0.25, -0.2) is 0 Å². The lowest BCUT2D eigenvalue weighted by molar-refractivity contribution is 0.0377. The second-order valence-corrected chi connectivity index (χ2v) is 6.50. The second kappa shape index (κ2) is 13.1. The van der Waals surface area contributed by atoms with Gasteiger partial charge in [0.15, 0.2) is 5.96 Å². The lowest BCUT2D eigenvalue weighted by Crippen LogP contribution is -2.40. The molecule has 2 aliphatic heterocycles. The average molecular weight is 454 g/mol. The van der Waals surface area contributed by atoms with Crippen molar-refractivity contribution in [3.8, 4) is 0 Å². The molecule has 0 saturated carbocycles. The molecule has 0 unspecified atom stereocenters. The summed E-state index contributed by atoms with van der Waals surface area (Å²) in [7, 11) is 2.20. The number of ether oxygens (including phenoxy) is 1. The Hall–Kier alpha value is -0.160. The number of hydrogen-bond donors (Lipinski definition) is 2. The molecule has 3 N–H and O–H groups in total. The Balaban J connectivity index is 0.00000288. The van der Waals surface area contributed by atoms with Gasteiger partial charge in [0.25, 0.3) is 0 Å². The van der Waals surface area contributed by atoms with E-state index in [2.05, 4.69) is 32.1 Å². The van der Waals surface area contributed by atoms with E-state index in [0.29, 0.717) is 5.96 Å². The third kappa shape index (κ3) is 9.36. The highest BCUT2D eigenvalue weighted by Crippen LogP contribution is 2.00. The van der Waals surface area contributed by atoms with Crippen molar-refractivity contribution in [2.24, 2.45) is 10.7 Å². The molecule has 0 spiro atoms. The zero-order chi connectivity index (χ0) is 16.3. The number of hydrogen-bond acceptors (Lipinski definition) is 5. The van der Waals surface area contributed by atoms with Crippen molar-refractivity contribution in [2.45, 2.75) is 12.8 Å². The Morgan fingerprint density at radius 3 is 2.58 bits per heavy atom. The molecule has 142 valence electrons. The lowest BCUT2D eigenvalue weighted by Gasteiger charge is -2.26. The number of rotatable bonds is 7. The molecule has 7 nitrogen and oxygen atoms in total. The van der Waals surface area contributed by atoms with Crippen LogP contribution in [0.25, 0.3) is 0 Å². The van der Waals surface area contributed by atoms with Crippen LogP contribution >= 0.6 is 24.0 Å². The summed E-state index contributed by atoms with van der Waals surface area (Å²) in [5.41, 5.74) is 5.94. The van der Waals surface area contributed by atoms with Gasteiger partial charge in [0, 0.05) is 52.4 Å². The van der Waals surface area contributed by atoms with Crippen molar-refractivity contribution >= 4 is 29.9 Å². The minimum absolute atomic E-state index is 0. The van der Waals surface area contributed by atoms with Crippen molar-refractivity contribution in [3.63, 3.8) is 0 Å². The van der Waals surface area contributed by atoms with E-state index in [1.54, 1.807) is 0 Å². The summed E-state index contributed by atoms with van der Waals surface area (Å²) in [6, 6.07) is 0. The van der Waals surface area contributed by atoms with Crippen molar-refractivity contribution < 1.29 is 4.74 Å². The molecule has 2 aliphatic rings. The first kappa shape index (κ1) is 21.9. The maximum Gasteiger partial charge on any atom is 0.188 e. The highest BCUT2D eigenvalue weighted by Gasteiger charge is 2.11. The molecule has 2 fully saturated rings. The molecular formula is C16H35IN6O. The number of aliphatic imine (C=N–C) groups is 1. The standard InChI is InChI=1S/C16H34N6O.HI/c1-20-6-3-8-21(11-10-20)9-5-19-16(17)18-4-2-7-22-12-14-23-15-13-22;/h2-15H2,1H3,(H3,17,18,19);1H. The monoisotopic (exact) mass is 454 g/mol. The number of halogens is 1. The molecule has 0 aliphatic carbocycles. The van der Waals surface area contributed by atoms with Crippen LogP contribution in [0, 0.1) is 0 Å². The summed E-state index contributed by atoms with van der Waals surface area (Å²) in [6.45, 7) is 12.3. The van der Waals surface area contributed by atoms with Crippen LogP contribution in [0.2, 0.25) is 0 Å². The number of nitrogens with one attached hydrogen (secondary N) is 1. The van der Waals surface area contributed by atoms with Crippen molar-refractivity contribution in [3.05, 3.63) is 0 Å². The van der Waals surface area contributed by atoms with Gasteiger partial charge in [-0.05, 0) is 33.0 Å². The van der Waals surface area contributed by atoms with E-state index in [1.807, 2.05) is 0 Å². The van der Waals surface area contributed by atoms with Gasteiger partial charge in [-0.2, -0.15) is 0 Å². The van der Waals surface area contributed by atoms with Crippen molar-refractivity contribution in [1.82, 2.24) is 20.0 Å². The Bertz CT molecular complexity index is 351. The quantitative estimate of drug-likeness (QED) is 0.242. The third-order valence-corrected chi connectivity index (χ3v) is 4.56. The van der Waals surface area contributed by atoms with Gasteiger partial charge >= 0.3 is 0 Å². The summed E-state index contributed by atoms with van der Waals surface area (Å²) >= 11 is 0. The van der Waals surface area contributed by atoms with E-state index in [-0.39, 0.29) is 24.0 Å². The molecular weight excluding hydrogens is 419 g/mol. The molecule has 0 atom stereocenters. The van der Waals surface area contributed by atoms with E-state index in [9.17, 15) is 0 Å². The Labute approximate surface area is 164 Å². The number of nitrogens with two attached hydrogens (primary N) is 1. The van der Waals surface area contributed by atoms with Crippen molar-refractivity contribution in [1.29, 1.82) is 0 Å². The van der Waals surface area contributed by atoms with Gasteiger partial charge < -0.3 is 25.6 Å². The van der Waals surface area contributed by atoms with Crippen LogP contribution in [0.5, 0.6) is 0 Å². The fraction of sp³-hybridized carbons (Fsp3) is 0.938. The van der Waals surface area contributed by atoms with E-state index >= 15 is 0 Å². The molecule has 2 rings (SSSR count). The molecule has 0 bridgehead atoms. The molecule has 0 amide bonds. The fourth-order valence-corrected chi connectivity index (χ4v) is 3.04. The summed E-state index contributed by atoms with van der Waals surface area (Å²) in [5, 5.41) is 3.24. The maximum absolute atomic E-state index is 5.94. The zero-order valence-corrected chi connectivity index (χ0v) is 17.4. The molecule has 0 aromatic rings. The molecule has 0 aromatic heterocycles. The maximum atomic E-state index is 5.94. The summed E-state index contributed by atoms with van der Waals surface area (Å²) in [6.07, 6.45) is 2.31. The van der Waals surface area contributed by atoms with Crippen LogP contribution in [0.15, 0.2) is 4.99 Å². The van der Waals surface area contributed by atoms with Crippen LogP contribution in [-0.2, 0) is 4.74 Å². The summed E-state index contributed by atoms with van der Waals surface area (Å²) < 4.78 is 5.35. The Morgan fingerprint density at radius 1 is 1.04 bits per heavy atom. The first-order valence-electron chi connectivity index (χ1n) is 8.99. The summed E-state index contributed by atoms with van der Waals surface area (Å²) in [5.74, 6) is 0.582. The van der Waals surface area contributed by atoms with Gasteiger partial charge in [0.05, 0.1) is 13.2 Å². The van der Waals surface area contributed by atoms with Crippen LogP contribution in [0.4, 0.5) is 0 Å². The number of morpholine rings is 1. The van der Waals surface area contributed by atoms with E-state index in [4.69, 9.17) is 10.5 Å². The minimum Gasteiger partial charge on any atom is -0.379 e. The molecule has 0 aromatic carbocycles. The first-order valence-corrected chi connectivity index (χ1v) is 8.99. The van der Waals surface area contributed by atoms with Gasteiger partial charge in [-0.15, -0.1) is 24.0 Å². The van der Waals surface area contributed by atoms with E-state index in [0.717, 1.165) is 72.0 Å². The Kier molecular flexibility index (Phi) is 11.9. The summed E-state index contributed by atoms with van der Waals surface area (Å²) in [4.78, 5) is 11.8. The van der Waals surface area contributed by atoms with Crippen LogP contribution in [0.1, 0.15) is 12.8 Å². The molecule has 2 heterocycles. The third-order valence-electron chi connectivity index (χ3n) is 4.56. The SMILES string of the molecule is CN1CCCN(CCNC(N)=NCCCN2CCOCC2)CC1.I. The van der Waals surface area contributed by atoms with E-state index < -0.39 is 0 Å². The lowest BCUT2D eigenvalue weighted by atomic mass is 10.3. The van der Waals surface area contributed by atoms with E-state index in [1.165, 1.54) is 19.5 Å². The topological polar surface area (TPSA) is 69.4 Å². The number of likely N-dealkylation sites (N-methyl/N-ethyl adjacent to an activating group) is 1. The Morgan fingerprint density at radius 2 is 1.79 bits per heavy atom. The number of nitrogens with zero attached hydrogens (tertiary/aromatic N) is 4. The molecule has 2 saturated heterocycles. The van der Waals surface area contributed by atoms with Gasteiger partial charge in [0.1, 0.15) is 0 Å².